The van der Waals surface area contributed by atoms with E-state index in [1.54, 1.807) is 3.28 Å². The van der Waals surface area contributed by atoms with Gasteiger partial charge in [0.2, 0.25) is 0 Å². The molecule has 0 saturated heterocycles. The fraction of sp³-hybridized carbons (Fsp3) is 0.0556. The molecular formula is C36H26Zr. The second-order valence-electron chi connectivity index (χ2n) is 9.74. The summed E-state index contributed by atoms with van der Waals surface area (Å²) in [4.78, 5) is 0. The average Bonchev–Trinajstić information content (AvgIpc) is 3.51. The zero-order chi connectivity index (χ0) is 24.6. The van der Waals surface area contributed by atoms with Crippen LogP contribution in [0.4, 0.5) is 0 Å². The van der Waals surface area contributed by atoms with Crippen LogP contribution in [0.5, 0.6) is 0 Å². The molecule has 2 aliphatic carbocycles. The van der Waals surface area contributed by atoms with Crippen LogP contribution in [0, 0.1) is 0 Å². The summed E-state index contributed by atoms with van der Waals surface area (Å²) in [5.41, 5.74) is 12.8. The number of hydrogen-bond acceptors (Lipinski definition) is 0. The number of hydrogen-bond donors (Lipinski definition) is 0. The summed E-state index contributed by atoms with van der Waals surface area (Å²) in [6.07, 6.45) is 2.55. The van der Waals surface area contributed by atoms with Crippen molar-refractivity contribution in [3.05, 3.63) is 177 Å². The first-order chi connectivity index (χ1) is 18.4. The van der Waals surface area contributed by atoms with Gasteiger partial charge in [0.1, 0.15) is 0 Å². The second-order valence-corrected chi connectivity index (χ2v) is 13.2. The zero-order valence-electron chi connectivity index (χ0n) is 20.5. The average molecular weight is 550 g/mol. The van der Waals surface area contributed by atoms with Crippen LogP contribution in [0.25, 0.3) is 22.3 Å². The first-order valence-electron chi connectivity index (χ1n) is 13.0. The Morgan fingerprint density at radius 1 is 0.459 bits per heavy atom. The van der Waals surface area contributed by atoms with Gasteiger partial charge in [0.15, 0.2) is 0 Å². The fourth-order valence-corrected chi connectivity index (χ4v) is 10.8. The molecule has 0 N–H and O–H groups in total. The van der Waals surface area contributed by atoms with Gasteiger partial charge < -0.3 is 0 Å². The van der Waals surface area contributed by atoms with Crippen LogP contribution in [0.15, 0.2) is 149 Å². The van der Waals surface area contributed by atoms with Crippen molar-refractivity contribution in [1.29, 1.82) is 0 Å². The molecule has 5 aromatic rings. The Bertz CT molecular complexity index is 1580. The molecule has 0 amide bonds. The molecular weight excluding hydrogens is 524 g/mol. The van der Waals surface area contributed by atoms with Gasteiger partial charge in [0.25, 0.3) is 0 Å². The number of benzene rings is 5. The normalized spacial score (nSPS) is 16.3. The summed E-state index contributed by atoms with van der Waals surface area (Å²) in [5, 5.41) is 0. The van der Waals surface area contributed by atoms with E-state index in [2.05, 4.69) is 146 Å². The Morgan fingerprint density at radius 2 is 0.946 bits per heavy atom. The minimum atomic E-state index is -1.13. The van der Waals surface area contributed by atoms with Gasteiger partial charge in [-0.2, -0.15) is 0 Å². The molecule has 0 radical (unpaired) electrons. The monoisotopic (exact) mass is 548 g/mol. The van der Waals surface area contributed by atoms with Crippen LogP contribution in [0.2, 0.25) is 0 Å². The Morgan fingerprint density at radius 3 is 1.54 bits per heavy atom. The molecule has 0 nitrogen and oxygen atoms in total. The molecule has 0 aromatic heterocycles. The van der Waals surface area contributed by atoms with Gasteiger partial charge in [-0.1, -0.05) is 0 Å². The molecule has 1 unspecified atom stereocenters. The maximum atomic E-state index is 2.55. The summed E-state index contributed by atoms with van der Waals surface area (Å²) < 4.78 is 2.19. The molecule has 0 aliphatic heterocycles. The van der Waals surface area contributed by atoms with E-state index in [0.717, 1.165) is 0 Å². The Kier molecular flexibility index (Phi) is 5.96. The Labute approximate surface area is 230 Å². The molecule has 0 spiro atoms. The first-order valence-corrected chi connectivity index (χ1v) is 15.6. The van der Waals surface area contributed by atoms with E-state index in [-0.39, 0.29) is 0 Å². The van der Waals surface area contributed by atoms with Crippen LogP contribution in [0.3, 0.4) is 0 Å². The molecule has 174 valence electrons. The van der Waals surface area contributed by atoms with Gasteiger partial charge in [-0.15, -0.1) is 0 Å². The van der Waals surface area contributed by atoms with E-state index in [1.807, 2.05) is 0 Å². The summed E-state index contributed by atoms with van der Waals surface area (Å²) in [6.45, 7) is 0. The molecule has 1 heteroatoms. The molecule has 0 heterocycles. The predicted octanol–water partition coefficient (Wildman–Crippen LogP) is 9.13. The Hall–Kier alpha value is -3.54. The zero-order valence-corrected chi connectivity index (χ0v) is 23.0. The summed E-state index contributed by atoms with van der Waals surface area (Å²) in [7, 11) is 0. The van der Waals surface area contributed by atoms with Gasteiger partial charge >= 0.3 is 232 Å². The molecule has 0 saturated carbocycles. The van der Waals surface area contributed by atoms with Crippen LogP contribution in [-0.2, 0) is 23.2 Å². The van der Waals surface area contributed by atoms with Crippen molar-refractivity contribution in [3.63, 3.8) is 0 Å². The van der Waals surface area contributed by atoms with Crippen molar-refractivity contribution in [2.24, 2.45) is 0 Å². The minimum absolute atomic E-state index is 0.318. The quantitative estimate of drug-likeness (QED) is 0.205. The van der Waals surface area contributed by atoms with Crippen molar-refractivity contribution in [2.45, 2.75) is 9.54 Å². The predicted molar refractivity (Wildman–Crippen MR) is 151 cm³/mol. The topological polar surface area (TPSA) is 0 Å². The molecule has 5 aromatic carbocycles. The summed E-state index contributed by atoms with van der Waals surface area (Å²) in [5.74, 6) is 0.318. The van der Waals surface area contributed by atoms with E-state index in [4.69, 9.17) is 0 Å². The van der Waals surface area contributed by atoms with Crippen LogP contribution in [-0.4, -0.2) is 0 Å². The van der Waals surface area contributed by atoms with E-state index >= 15 is 0 Å². The fourth-order valence-electron chi connectivity index (χ4n) is 5.96. The number of allylic oxidation sites excluding steroid dienone is 4. The molecule has 37 heavy (non-hydrogen) atoms. The van der Waals surface area contributed by atoms with E-state index < -0.39 is 23.2 Å². The van der Waals surface area contributed by atoms with Crippen LogP contribution < -0.4 is 0 Å². The van der Waals surface area contributed by atoms with Crippen LogP contribution in [0.1, 0.15) is 37.4 Å². The van der Waals surface area contributed by atoms with Crippen molar-refractivity contribution in [2.75, 3.05) is 0 Å². The molecule has 7 rings (SSSR count). The standard InChI is InChI=1S/C23H17.C13H9.Zr/c1-4-10-18(11-5-1)21-16-22(19-12-6-2-7-13-19)23(17-21)20-14-8-3-9-15-20;1-3-7-12-10(5-1)9-11-6-2-4-8-13(11)12;/h1-16,21H;1-9H;. The number of fused-ring (bicyclic) bond motifs is 3. The van der Waals surface area contributed by atoms with E-state index in [1.165, 1.54) is 50.1 Å². The van der Waals surface area contributed by atoms with E-state index in [0.29, 0.717) is 9.54 Å². The third-order valence-electron chi connectivity index (χ3n) is 7.62. The summed E-state index contributed by atoms with van der Waals surface area (Å²) >= 11 is -1.13. The van der Waals surface area contributed by atoms with E-state index in [9.17, 15) is 0 Å². The van der Waals surface area contributed by atoms with Crippen molar-refractivity contribution in [1.82, 2.24) is 0 Å². The third kappa shape index (κ3) is 4.03. The first kappa shape index (κ1) is 22.6. The number of rotatable bonds is 5. The Balaban J connectivity index is 1.45. The van der Waals surface area contributed by atoms with Crippen molar-refractivity contribution < 1.29 is 23.2 Å². The molecule has 0 bridgehead atoms. The van der Waals surface area contributed by atoms with Crippen molar-refractivity contribution >= 4 is 11.1 Å². The van der Waals surface area contributed by atoms with Gasteiger partial charge in [-0.05, 0) is 0 Å². The van der Waals surface area contributed by atoms with Gasteiger partial charge in [-0.25, -0.2) is 0 Å². The maximum absolute atomic E-state index is 2.55. The van der Waals surface area contributed by atoms with Gasteiger partial charge in [0.05, 0.1) is 0 Å². The van der Waals surface area contributed by atoms with Crippen LogP contribution >= 0.6 is 0 Å². The molecule has 1 atom stereocenters. The van der Waals surface area contributed by atoms with Crippen molar-refractivity contribution in [3.8, 4) is 11.1 Å². The molecule has 0 fully saturated rings. The third-order valence-corrected chi connectivity index (χ3v) is 12.0. The molecule has 2 aliphatic rings. The second kappa shape index (κ2) is 9.73. The summed E-state index contributed by atoms with van der Waals surface area (Å²) in [6, 6.07) is 51.4. The van der Waals surface area contributed by atoms with Gasteiger partial charge in [-0.3, -0.25) is 0 Å². The SMILES string of the molecule is C1=C(c2ccccc2)C(c2ccccc2)=[C]([Zr][CH]2c3ccccc3-c3ccccc32)C1c1ccccc1. The van der Waals surface area contributed by atoms with Gasteiger partial charge in [0, 0.05) is 0 Å².